The number of amides is 2. The minimum Gasteiger partial charge on any atom is -0.364 e. The highest BCUT2D eigenvalue weighted by molar-refractivity contribution is 6.35. The molecule has 0 aliphatic carbocycles. The van der Waals surface area contributed by atoms with Crippen LogP contribution in [0.4, 0.5) is 0 Å². The van der Waals surface area contributed by atoms with E-state index in [0.29, 0.717) is 17.8 Å². The Morgan fingerprint density at radius 1 is 0.960 bits per heavy atom. The molecule has 0 unspecified atom stereocenters. The summed E-state index contributed by atoms with van der Waals surface area (Å²) in [6.45, 7) is 9.88. The molecule has 0 bridgehead atoms. The first kappa shape index (κ1) is 17.7. The molecule has 1 fully saturated rings. The maximum atomic E-state index is 13.1. The molecule has 134 valence electrons. The average molecular weight is 341 g/mol. The molecule has 5 nitrogen and oxygen atoms in total. The van der Waals surface area contributed by atoms with E-state index in [1.54, 1.807) is 0 Å². The van der Waals surface area contributed by atoms with Gasteiger partial charge in [-0.1, -0.05) is 43.7 Å². The Balaban J connectivity index is 2.02. The minimum atomic E-state index is -0.156. The first-order valence-electron chi connectivity index (χ1n) is 8.99. The standard InChI is InChI=1S/C20H27N3O2/c1-14(2)13-23-19(24)17(16-7-5-15(3)6-8-16)18(20(23)25)22-11-9-21(4)10-12-22/h5-8,14H,9-13H2,1-4H3. The van der Waals surface area contributed by atoms with Gasteiger partial charge in [-0.15, -0.1) is 0 Å². The SMILES string of the molecule is Cc1ccc(C2=C(N3CCN(C)CC3)C(=O)N(CC(C)C)C2=O)cc1. The number of carbonyl (C=O) groups excluding carboxylic acids is 2. The van der Waals surface area contributed by atoms with Gasteiger partial charge in [0.05, 0.1) is 5.57 Å². The van der Waals surface area contributed by atoms with Crippen LogP contribution in [-0.4, -0.2) is 66.3 Å². The summed E-state index contributed by atoms with van der Waals surface area (Å²) in [5, 5.41) is 0. The summed E-state index contributed by atoms with van der Waals surface area (Å²) < 4.78 is 0. The lowest BCUT2D eigenvalue weighted by atomic mass is 10.0. The van der Waals surface area contributed by atoms with Gasteiger partial charge in [0.15, 0.2) is 0 Å². The Hall–Kier alpha value is -2.14. The third-order valence-electron chi connectivity index (χ3n) is 4.85. The maximum Gasteiger partial charge on any atom is 0.277 e. The molecule has 2 aliphatic heterocycles. The summed E-state index contributed by atoms with van der Waals surface area (Å²) in [6.07, 6.45) is 0. The van der Waals surface area contributed by atoms with Gasteiger partial charge < -0.3 is 9.80 Å². The number of hydrogen-bond donors (Lipinski definition) is 0. The summed E-state index contributed by atoms with van der Waals surface area (Å²) in [5.74, 6) is -0.0469. The van der Waals surface area contributed by atoms with Gasteiger partial charge in [-0.3, -0.25) is 14.5 Å². The number of likely N-dealkylation sites (N-methyl/N-ethyl adjacent to an activating group) is 1. The second-order valence-corrected chi connectivity index (χ2v) is 7.49. The van der Waals surface area contributed by atoms with Crippen LogP contribution in [0.1, 0.15) is 25.0 Å². The zero-order chi connectivity index (χ0) is 18.1. The fourth-order valence-electron chi connectivity index (χ4n) is 3.40. The molecule has 0 saturated carbocycles. The number of carbonyl (C=O) groups is 2. The van der Waals surface area contributed by atoms with Crippen LogP contribution in [0.2, 0.25) is 0 Å². The van der Waals surface area contributed by atoms with Gasteiger partial charge in [-0.05, 0) is 25.5 Å². The molecule has 0 aromatic heterocycles. The van der Waals surface area contributed by atoms with Crippen molar-refractivity contribution in [3.05, 3.63) is 41.1 Å². The predicted molar refractivity (Wildman–Crippen MR) is 98.7 cm³/mol. The molecule has 25 heavy (non-hydrogen) atoms. The summed E-state index contributed by atoms with van der Waals surface area (Å²) in [4.78, 5) is 31.9. The molecule has 3 rings (SSSR count). The fourth-order valence-corrected chi connectivity index (χ4v) is 3.40. The van der Waals surface area contributed by atoms with Crippen LogP contribution in [0.25, 0.3) is 5.57 Å². The summed E-state index contributed by atoms with van der Waals surface area (Å²) >= 11 is 0. The van der Waals surface area contributed by atoms with Crippen molar-refractivity contribution in [1.29, 1.82) is 0 Å². The zero-order valence-corrected chi connectivity index (χ0v) is 15.6. The topological polar surface area (TPSA) is 43.9 Å². The summed E-state index contributed by atoms with van der Waals surface area (Å²) in [6, 6.07) is 7.88. The first-order chi connectivity index (χ1) is 11.9. The molecule has 1 saturated heterocycles. The van der Waals surface area contributed by atoms with Gasteiger partial charge in [-0.25, -0.2) is 0 Å². The highest BCUT2D eigenvalue weighted by Crippen LogP contribution is 2.32. The van der Waals surface area contributed by atoms with Crippen LogP contribution in [0.15, 0.2) is 30.0 Å². The van der Waals surface area contributed by atoms with E-state index in [1.807, 2.05) is 45.0 Å². The molecule has 2 amide bonds. The second-order valence-electron chi connectivity index (χ2n) is 7.49. The van der Waals surface area contributed by atoms with Gasteiger partial charge in [-0.2, -0.15) is 0 Å². The number of piperazine rings is 1. The van der Waals surface area contributed by atoms with E-state index < -0.39 is 0 Å². The normalized spacial score (nSPS) is 19.6. The van der Waals surface area contributed by atoms with Gasteiger partial charge in [0, 0.05) is 32.7 Å². The second kappa shape index (κ2) is 7.00. The number of aryl methyl sites for hydroxylation is 1. The molecule has 1 aromatic rings. The van der Waals surface area contributed by atoms with Crippen molar-refractivity contribution >= 4 is 17.4 Å². The number of imide groups is 1. The fraction of sp³-hybridized carbons (Fsp3) is 0.500. The van der Waals surface area contributed by atoms with E-state index in [-0.39, 0.29) is 17.7 Å². The largest absolute Gasteiger partial charge is 0.364 e. The Morgan fingerprint density at radius 2 is 1.56 bits per heavy atom. The van der Waals surface area contributed by atoms with Crippen LogP contribution < -0.4 is 0 Å². The molecule has 2 heterocycles. The van der Waals surface area contributed by atoms with E-state index >= 15 is 0 Å². The van der Waals surface area contributed by atoms with Crippen molar-refractivity contribution in [1.82, 2.24) is 14.7 Å². The lowest BCUT2D eigenvalue weighted by Crippen LogP contribution is -2.46. The molecule has 0 radical (unpaired) electrons. The molecule has 5 heteroatoms. The number of hydrogen-bond acceptors (Lipinski definition) is 4. The Labute approximate surface area is 149 Å². The molecule has 0 spiro atoms. The summed E-state index contributed by atoms with van der Waals surface area (Å²) in [5.41, 5.74) is 3.13. The van der Waals surface area contributed by atoms with Crippen LogP contribution in [0.5, 0.6) is 0 Å². The monoisotopic (exact) mass is 341 g/mol. The van der Waals surface area contributed by atoms with Gasteiger partial charge in [0.25, 0.3) is 11.8 Å². The highest BCUT2D eigenvalue weighted by Gasteiger charge is 2.42. The Morgan fingerprint density at radius 3 is 2.12 bits per heavy atom. The molecule has 2 aliphatic rings. The van der Waals surface area contributed by atoms with Crippen molar-refractivity contribution in [2.75, 3.05) is 39.8 Å². The quantitative estimate of drug-likeness (QED) is 0.786. The van der Waals surface area contributed by atoms with Crippen LogP contribution in [0.3, 0.4) is 0 Å². The molecule has 0 atom stereocenters. The van der Waals surface area contributed by atoms with Crippen molar-refractivity contribution in [2.24, 2.45) is 5.92 Å². The van der Waals surface area contributed by atoms with Crippen molar-refractivity contribution in [2.45, 2.75) is 20.8 Å². The van der Waals surface area contributed by atoms with Crippen LogP contribution in [0, 0.1) is 12.8 Å². The van der Waals surface area contributed by atoms with E-state index in [4.69, 9.17) is 0 Å². The molecule has 0 N–H and O–H groups in total. The third kappa shape index (κ3) is 3.47. The molecular formula is C20H27N3O2. The average Bonchev–Trinajstić information content (AvgIpc) is 2.81. The van der Waals surface area contributed by atoms with Crippen LogP contribution in [-0.2, 0) is 9.59 Å². The lowest BCUT2D eigenvalue weighted by Gasteiger charge is -2.34. The van der Waals surface area contributed by atoms with E-state index in [0.717, 1.165) is 37.3 Å². The number of rotatable bonds is 4. The number of benzene rings is 1. The molecule has 1 aromatic carbocycles. The Kier molecular flexibility index (Phi) is 4.95. The third-order valence-corrected chi connectivity index (χ3v) is 4.85. The number of nitrogens with zero attached hydrogens (tertiary/aromatic N) is 3. The smallest absolute Gasteiger partial charge is 0.277 e. The first-order valence-corrected chi connectivity index (χ1v) is 8.99. The summed E-state index contributed by atoms with van der Waals surface area (Å²) in [7, 11) is 2.08. The van der Waals surface area contributed by atoms with E-state index in [9.17, 15) is 9.59 Å². The van der Waals surface area contributed by atoms with E-state index in [2.05, 4.69) is 16.8 Å². The lowest BCUT2D eigenvalue weighted by molar-refractivity contribution is -0.138. The highest BCUT2D eigenvalue weighted by atomic mass is 16.2. The zero-order valence-electron chi connectivity index (χ0n) is 15.6. The van der Waals surface area contributed by atoms with Gasteiger partial charge >= 0.3 is 0 Å². The maximum absolute atomic E-state index is 13.1. The van der Waals surface area contributed by atoms with Gasteiger partial charge in [0.1, 0.15) is 5.70 Å². The predicted octanol–water partition coefficient (Wildman–Crippen LogP) is 1.98. The van der Waals surface area contributed by atoms with Crippen molar-refractivity contribution in [3.8, 4) is 0 Å². The van der Waals surface area contributed by atoms with Gasteiger partial charge in [0.2, 0.25) is 0 Å². The van der Waals surface area contributed by atoms with Crippen molar-refractivity contribution < 1.29 is 9.59 Å². The minimum absolute atomic E-state index is 0.140. The van der Waals surface area contributed by atoms with E-state index in [1.165, 1.54) is 4.90 Å². The molecular weight excluding hydrogens is 314 g/mol. The van der Waals surface area contributed by atoms with Crippen LogP contribution >= 0.6 is 0 Å². The Bertz CT molecular complexity index is 698. The van der Waals surface area contributed by atoms with Crippen molar-refractivity contribution in [3.63, 3.8) is 0 Å².